The number of hydrogen-bond donors (Lipinski definition) is 2. The molecule has 4 rings (SSSR count). The summed E-state index contributed by atoms with van der Waals surface area (Å²) in [5.74, 6) is -1.85. The van der Waals surface area contributed by atoms with Gasteiger partial charge >= 0.3 is 12.1 Å². The maximum absolute atomic E-state index is 13.3. The molecule has 39 heavy (non-hydrogen) atoms. The number of nitrogens with one attached hydrogen (secondary N) is 1. The molecular weight excluding hydrogens is 506 g/mol. The second-order valence-electron chi connectivity index (χ2n) is 10.2. The Hall–Kier alpha value is -4.55. The number of amides is 3. The highest BCUT2D eigenvalue weighted by atomic mass is 16.6. The smallest absolute Gasteiger partial charge is 0.410 e. The number of carbonyl (C=O) groups excluding carboxylic acids is 3. The zero-order valence-electron chi connectivity index (χ0n) is 22.0. The number of hydrogen-bond acceptors (Lipinski definition) is 8. The fourth-order valence-corrected chi connectivity index (χ4v) is 4.36. The first-order valence-corrected chi connectivity index (χ1v) is 12.5. The van der Waals surface area contributed by atoms with Crippen molar-refractivity contribution in [2.45, 2.75) is 51.8 Å². The zero-order valence-corrected chi connectivity index (χ0v) is 22.0. The van der Waals surface area contributed by atoms with Gasteiger partial charge in [0, 0.05) is 18.7 Å². The lowest BCUT2D eigenvalue weighted by atomic mass is 10.2. The molecule has 1 saturated heterocycles. The highest BCUT2D eigenvalue weighted by molar-refractivity contribution is 6.06. The van der Waals surface area contributed by atoms with Gasteiger partial charge in [-0.1, -0.05) is 18.2 Å². The Morgan fingerprint density at radius 2 is 1.87 bits per heavy atom. The third-order valence-corrected chi connectivity index (χ3v) is 6.09. The van der Waals surface area contributed by atoms with Crippen molar-refractivity contribution in [2.75, 3.05) is 25.0 Å². The summed E-state index contributed by atoms with van der Waals surface area (Å²) in [6, 6.07) is 8.24. The number of ether oxygens (including phenoxy) is 1. The highest BCUT2D eigenvalue weighted by Gasteiger charge is 2.34. The van der Waals surface area contributed by atoms with E-state index in [1.165, 1.54) is 22.1 Å². The molecule has 13 heteroatoms. The lowest BCUT2D eigenvalue weighted by Crippen LogP contribution is -2.48. The zero-order chi connectivity index (χ0) is 28.2. The third kappa shape index (κ3) is 6.86. The summed E-state index contributed by atoms with van der Waals surface area (Å²) in [7, 11) is 0. The number of anilines is 1. The fourth-order valence-electron chi connectivity index (χ4n) is 4.36. The molecule has 1 aliphatic heterocycles. The average molecular weight is 538 g/mol. The normalized spacial score (nSPS) is 15.3. The molecule has 13 nitrogen and oxygen atoms in total. The van der Waals surface area contributed by atoms with Gasteiger partial charge in [-0.25, -0.2) is 19.7 Å². The van der Waals surface area contributed by atoms with E-state index >= 15 is 0 Å². The topological polar surface area (TPSA) is 160 Å². The van der Waals surface area contributed by atoms with Crippen LogP contribution in [0.15, 0.2) is 43.0 Å². The van der Waals surface area contributed by atoms with Crippen LogP contribution < -0.4 is 5.32 Å². The number of aromatic nitrogens is 4. The van der Waals surface area contributed by atoms with Gasteiger partial charge < -0.3 is 29.5 Å². The Morgan fingerprint density at radius 3 is 2.56 bits per heavy atom. The summed E-state index contributed by atoms with van der Waals surface area (Å²) in [5, 5.41) is 12.2. The van der Waals surface area contributed by atoms with Crippen LogP contribution in [0.1, 0.15) is 44.0 Å². The Bertz CT molecular complexity index is 1370. The maximum atomic E-state index is 13.3. The first kappa shape index (κ1) is 27.5. The van der Waals surface area contributed by atoms with E-state index in [4.69, 9.17) is 4.74 Å². The van der Waals surface area contributed by atoms with E-state index in [0.717, 1.165) is 6.42 Å². The van der Waals surface area contributed by atoms with Gasteiger partial charge in [0.1, 0.15) is 25.0 Å². The number of fused-ring (bicyclic) bond motifs is 1. The fraction of sp³-hybridized carbons (Fsp3) is 0.423. The lowest BCUT2D eigenvalue weighted by molar-refractivity contribution is -0.145. The molecule has 3 amide bonds. The van der Waals surface area contributed by atoms with Gasteiger partial charge in [-0.3, -0.25) is 14.4 Å². The van der Waals surface area contributed by atoms with Crippen LogP contribution in [0.25, 0.3) is 11.2 Å². The van der Waals surface area contributed by atoms with Crippen LogP contribution in [0.5, 0.6) is 0 Å². The number of aliphatic carboxylic acids is 1. The summed E-state index contributed by atoms with van der Waals surface area (Å²) in [6.07, 6.45) is 3.48. The SMILES string of the molecule is CC(C)(C)OC(=O)N1CCC[C@@H]1CN(CC(=O)O)C(=O)Cn1cnc2c(NC(=O)c3ccccc3)ncnc21. The Balaban J connectivity index is 1.49. The quantitative estimate of drug-likeness (QED) is 0.440. The van der Waals surface area contributed by atoms with Crippen molar-refractivity contribution in [3.8, 4) is 0 Å². The van der Waals surface area contributed by atoms with E-state index in [1.807, 2.05) is 0 Å². The molecule has 0 spiro atoms. The Kier molecular flexibility index (Phi) is 8.07. The minimum Gasteiger partial charge on any atom is -0.480 e. The van der Waals surface area contributed by atoms with Crippen LogP contribution in [0.3, 0.4) is 0 Å². The summed E-state index contributed by atoms with van der Waals surface area (Å²) in [6.45, 7) is 5.05. The summed E-state index contributed by atoms with van der Waals surface area (Å²) >= 11 is 0. The maximum Gasteiger partial charge on any atom is 0.410 e. The first-order chi connectivity index (χ1) is 18.5. The average Bonchev–Trinajstić information content (AvgIpc) is 3.50. The third-order valence-electron chi connectivity index (χ3n) is 6.09. The number of carboxylic acid groups (broad SMARTS) is 1. The molecule has 1 atom stereocenters. The molecule has 1 fully saturated rings. The minimum atomic E-state index is -1.17. The molecule has 2 N–H and O–H groups in total. The van der Waals surface area contributed by atoms with Crippen molar-refractivity contribution < 1.29 is 29.0 Å². The van der Waals surface area contributed by atoms with Crippen molar-refractivity contribution in [2.24, 2.45) is 0 Å². The van der Waals surface area contributed by atoms with Crippen molar-refractivity contribution in [3.63, 3.8) is 0 Å². The van der Waals surface area contributed by atoms with Gasteiger partial charge in [0.15, 0.2) is 17.0 Å². The van der Waals surface area contributed by atoms with Crippen LogP contribution in [-0.4, -0.2) is 89.6 Å². The number of benzene rings is 1. The predicted molar refractivity (Wildman–Crippen MR) is 140 cm³/mol. The molecule has 0 bridgehead atoms. The molecule has 2 aromatic heterocycles. The van der Waals surface area contributed by atoms with E-state index in [-0.39, 0.29) is 36.4 Å². The molecule has 0 radical (unpaired) electrons. The highest BCUT2D eigenvalue weighted by Crippen LogP contribution is 2.23. The van der Waals surface area contributed by atoms with Crippen molar-refractivity contribution in [1.29, 1.82) is 0 Å². The van der Waals surface area contributed by atoms with Gasteiger partial charge in [-0.05, 0) is 45.7 Å². The molecular formula is C26H31N7O6. The van der Waals surface area contributed by atoms with Crippen LogP contribution in [0.2, 0.25) is 0 Å². The number of imidazole rings is 1. The molecule has 0 aliphatic carbocycles. The van der Waals surface area contributed by atoms with E-state index in [2.05, 4.69) is 20.3 Å². The van der Waals surface area contributed by atoms with Gasteiger partial charge in [0.05, 0.1) is 12.4 Å². The number of carbonyl (C=O) groups is 4. The second kappa shape index (κ2) is 11.5. The second-order valence-corrected chi connectivity index (χ2v) is 10.2. The van der Waals surface area contributed by atoms with E-state index in [1.54, 1.807) is 56.0 Å². The Morgan fingerprint density at radius 1 is 1.13 bits per heavy atom. The van der Waals surface area contributed by atoms with E-state index < -0.39 is 30.1 Å². The molecule has 1 aromatic carbocycles. The number of nitrogens with zero attached hydrogens (tertiary/aromatic N) is 6. The summed E-state index contributed by atoms with van der Waals surface area (Å²) in [4.78, 5) is 65.5. The molecule has 1 aliphatic rings. The van der Waals surface area contributed by atoms with Crippen molar-refractivity contribution >= 4 is 40.9 Å². The lowest BCUT2D eigenvalue weighted by Gasteiger charge is -2.31. The van der Waals surface area contributed by atoms with Crippen LogP contribution in [0, 0.1) is 0 Å². The molecule has 206 valence electrons. The monoisotopic (exact) mass is 537 g/mol. The van der Waals surface area contributed by atoms with Gasteiger partial charge in [-0.15, -0.1) is 0 Å². The molecule has 3 aromatic rings. The predicted octanol–water partition coefficient (Wildman–Crippen LogP) is 2.39. The number of carboxylic acids is 1. The molecule has 0 unspecified atom stereocenters. The largest absolute Gasteiger partial charge is 0.480 e. The van der Waals surface area contributed by atoms with Gasteiger partial charge in [0.25, 0.3) is 5.91 Å². The van der Waals surface area contributed by atoms with Crippen molar-refractivity contribution in [3.05, 3.63) is 48.5 Å². The van der Waals surface area contributed by atoms with Crippen molar-refractivity contribution in [1.82, 2.24) is 29.3 Å². The Labute approximate surface area is 224 Å². The van der Waals surface area contributed by atoms with E-state index in [9.17, 15) is 24.3 Å². The first-order valence-electron chi connectivity index (χ1n) is 12.5. The molecule has 3 heterocycles. The van der Waals surface area contributed by atoms with Crippen LogP contribution in [-0.2, 0) is 20.9 Å². The minimum absolute atomic E-state index is 0.0460. The summed E-state index contributed by atoms with van der Waals surface area (Å²) in [5.41, 5.74) is 0.347. The number of likely N-dealkylation sites (tertiary alicyclic amines) is 1. The molecule has 0 saturated carbocycles. The number of rotatable bonds is 8. The van der Waals surface area contributed by atoms with E-state index in [0.29, 0.717) is 24.2 Å². The van der Waals surface area contributed by atoms with Crippen LogP contribution >= 0.6 is 0 Å². The van der Waals surface area contributed by atoms with Gasteiger partial charge in [0.2, 0.25) is 5.91 Å². The standard InChI is InChI=1S/C26H31N7O6/c1-26(2,3)39-25(38)33-11-7-10-18(33)12-31(14-20(35)36)19(34)13-32-16-29-21-22(27-15-28-23(21)32)30-24(37)17-8-5-4-6-9-17/h4-6,8-9,15-16,18H,7,10-14H2,1-3H3,(H,35,36)(H,27,28,30,37)/t18-/m1/s1. The summed E-state index contributed by atoms with van der Waals surface area (Å²) < 4.78 is 6.95. The van der Waals surface area contributed by atoms with Crippen LogP contribution in [0.4, 0.5) is 10.6 Å². The van der Waals surface area contributed by atoms with Gasteiger partial charge in [-0.2, -0.15) is 0 Å².